The zero-order chi connectivity index (χ0) is 27.9. The molecule has 11 nitrogen and oxygen atoms in total. The van der Waals surface area contributed by atoms with E-state index in [9.17, 15) is 19.5 Å². The van der Waals surface area contributed by atoms with E-state index < -0.39 is 58.7 Å². The quantitative estimate of drug-likeness (QED) is 0.435. The summed E-state index contributed by atoms with van der Waals surface area (Å²) >= 11 is 0. The fourth-order valence-electron chi connectivity index (χ4n) is 4.08. The fourth-order valence-corrected chi connectivity index (χ4v) is 4.08. The van der Waals surface area contributed by atoms with Gasteiger partial charge in [-0.1, -0.05) is 0 Å². The van der Waals surface area contributed by atoms with E-state index in [1.165, 1.54) is 9.91 Å². The third-order valence-corrected chi connectivity index (χ3v) is 5.49. The lowest BCUT2D eigenvalue weighted by Crippen LogP contribution is -2.52. The first-order valence-corrected chi connectivity index (χ1v) is 12.4. The summed E-state index contributed by atoms with van der Waals surface area (Å²) < 4.78 is 22.4. The van der Waals surface area contributed by atoms with Crippen LogP contribution >= 0.6 is 0 Å². The number of carbonyl (C=O) groups is 3. The molecule has 0 saturated carbocycles. The van der Waals surface area contributed by atoms with Gasteiger partial charge in [-0.15, -0.1) is 0 Å². The van der Waals surface area contributed by atoms with Crippen LogP contribution in [0.2, 0.25) is 0 Å². The molecule has 2 fully saturated rings. The smallest absolute Gasteiger partial charge is 0.425 e. The Kier molecular flexibility index (Phi) is 8.65. The van der Waals surface area contributed by atoms with Gasteiger partial charge in [-0.3, -0.25) is 4.90 Å². The number of fused-ring (bicyclic) bond motifs is 1. The normalized spacial score (nSPS) is 23.5. The Morgan fingerprint density at radius 3 is 1.78 bits per heavy atom. The molecule has 3 unspecified atom stereocenters. The van der Waals surface area contributed by atoms with Gasteiger partial charge in [0.05, 0.1) is 37.9 Å². The lowest BCUT2D eigenvalue weighted by Gasteiger charge is -2.35. The number of rotatable bonds is 5. The number of ether oxygens (including phenoxy) is 4. The topological polar surface area (TPSA) is 118 Å². The average Bonchev–Trinajstić information content (AvgIpc) is 3.15. The highest BCUT2D eigenvalue weighted by Crippen LogP contribution is 2.34. The highest BCUT2D eigenvalue weighted by atomic mass is 16.6. The molecule has 0 aromatic carbocycles. The number of hydrazine groups is 1. The predicted octanol–water partition coefficient (Wildman–Crippen LogP) is 2.94. The number of amides is 2. The van der Waals surface area contributed by atoms with Gasteiger partial charge in [0.1, 0.15) is 16.8 Å². The Bertz CT molecular complexity index is 825. The van der Waals surface area contributed by atoms with E-state index in [1.807, 2.05) is 0 Å². The molecule has 0 aliphatic carbocycles. The minimum atomic E-state index is -1.22. The van der Waals surface area contributed by atoms with Crippen molar-refractivity contribution in [2.45, 2.75) is 117 Å². The first kappa shape index (κ1) is 30.1. The fraction of sp³-hybridized carbons (Fsp3) is 0.880. The Morgan fingerprint density at radius 2 is 1.28 bits per heavy atom. The summed E-state index contributed by atoms with van der Waals surface area (Å²) in [7, 11) is 0. The summed E-state index contributed by atoms with van der Waals surface area (Å²) in [5.41, 5.74) is -3.32. The summed E-state index contributed by atoms with van der Waals surface area (Å²) in [6.45, 7) is 19.6. The molecule has 2 amide bonds. The van der Waals surface area contributed by atoms with Crippen molar-refractivity contribution in [3.8, 4) is 0 Å². The van der Waals surface area contributed by atoms with Crippen LogP contribution in [0.1, 0.15) is 76.2 Å². The minimum absolute atomic E-state index is 0.0634. The van der Waals surface area contributed by atoms with Crippen LogP contribution in [-0.4, -0.2) is 105 Å². The van der Waals surface area contributed by atoms with Crippen LogP contribution in [0, 0.1) is 0 Å². The molecule has 2 saturated heterocycles. The number of esters is 1. The van der Waals surface area contributed by atoms with Gasteiger partial charge >= 0.3 is 18.2 Å². The molecule has 36 heavy (non-hydrogen) atoms. The van der Waals surface area contributed by atoms with E-state index in [4.69, 9.17) is 18.9 Å². The highest BCUT2D eigenvalue weighted by molar-refractivity contribution is 5.79. The van der Waals surface area contributed by atoms with Crippen LogP contribution in [0.3, 0.4) is 0 Å². The van der Waals surface area contributed by atoms with E-state index >= 15 is 0 Å². The Labute approximate surface area is 214 Å². The second-order valence-electron chi connectivity index (χ2n) is 12.8. The van der Waals surface area contributed by atoms with E-state index in [2.05, 4.69) is 0 Å². The van der Waals surface area contributed by atoms with E-state index in [1.54, 1.807) is 81.2 Å². The van der Waals surface area contributed by atoms with Crippen LogP contribution in [0.5, 0.6) is 0 Å². The molecule has 3 atom stereocenters. The molecule has 0 aromatic heterocycles. The predicted molar refractivity (Wildman–Crippen MR) is 132 cm³/mol. The Morgan fingerprint density at radius 1 is 0.778 bits per heavy atom. The maximum Gasteiger partial charge on any atom is 0.425 e. The first-order valence-electron chi connectivity index (χ1n) is 12.4. The average molecular weight is 516 g/mol. The standard InChI is InChI=1S/C25H45N3O8/c1-22(2,3)34-19(30)25(10,11)33-13-12-27-18-16(14-28(27)21(32)36-24(7,8)9)26(15-17(18)29)20(31)35-23(4,5)6/h16-18,29H,12-15H2,1-11H3. The zero-order valence-corrected chi connectivity index (χ0v) is 23.7. The monoisotopic (exact) mass is 515 g/mol. The molecule has 0 spiro atoms. The number of aliphatic hydroxyl groups excluding tert-OH is 1. The summed E-state index contributed by atoms with van der Waals surface area (Å²) in [5.74, 6) is -0.504. The van der Waals surface area contributed by atoms with Crippen molar-refractivity contribution in [2.75, 3.05) is 26.2 Å². The van der Waals surface area contributed by atoms with Crippen molar-refractivity contribution in [3.05, 3.63) is 0 Å². The summed E-state index contributed by atoms with van der Waals surface area (Å²) in [6, 6.07) is -1.07. The van der Waals surface area contributed by atoms with Gasteiger partial charge < -0.3 is 24.1 Å². The molecule has 11 heteroatoms. The van der Waals surface area contributed by atoms with Gasteiger partial charge in [-0.2, -0.15) is 0 Å². The van der Waals surface area contributed by atoms with Crippen LogP contribution in [0.25, 0.3) is 0 Å². The first-order chi connectivity index (χ1) is 16.1. The number of aliphatic hydroxyl groups is 1. The van der Waals surface area contributed by atoms with Crippen molar-refractivity contribution < 1.29 is 38.4 Å². The van der Waals surface area contributed by atoms with Crippen molar-refractivity contribution in [1.82, 2.24) is 14.9 Å². The SMILES string of the molecule is CC(C)(C)OC(=O)N1CC(O)C2C1CN(C(=O)OC(C)(C)C)N2CCOC(C)(C)C(=O)OC(C)(C)C. The molecule has 2 rings (SSSR count). The number of hydrogen-bond acceptors (Lipinski definition) is 9. The summed E-state index contributed by atoms with van der Waals surface area (Å²) in [6.07, 6.45) is -2.07. The van der Waals surface area contributed by atoms with Crippen molar-refractivity contribution in [3.63, 3.8) is 0 Å². The maximum absolute atomic E-state index is 13.1. The molecule has 208 valence electrons. The Balaban J connectivity index is 2.21. The number of likely N-dealkylation sites (tertiary alicyclic amines) is 1. The van der Waals surface area contributed by atoms with Crippen LogP contribution < -0.4 is 0 Å². The van der Waals surface area contributed by atoms with Gasteiger partial charge in [0.15, 0.2) is 5.60 Å². The molecule has 0 bridgehead atoms. The van der Waals surface area contributed by atoms with Gasteiger partial charge in [0.2, 0.25) is 0 Å². The van der Waals surface area contributed by atoms with Crippen LogP contribution in [0.4, 0.5) is 9.59 Å². The number of β-amino-alcohol motifs (C(OH)–C–C–N with tert-alkyl or cyclic N) is 1. The highest BCUT2D eigenvalue weighted by Gasteiger charge is 2.55. The van der Waals surface area contributed by atoms with Gasteiger partial charge in [-0.25, -0.2) is 24.4 Å². The molecule has 2 heterocycles. The minimum Gasteiger partial charge on any atom is -0.458 e. The molecule has 2 aliphatic heterocycles. The van der Waals surface area contributed by atoms with Gasteiger partial charge in [0.25, 0.3) is 0 Å². The van der Waals surface area contributed by atoms with E-state index in [0.29, 0.717) is 0 Å². The van der Waals surface area contributed by atoms with Gasteiger partial charge in [-0.05, 0) is 76.2 Å². The van der Waals surface area contributed by atoms with E-state index in [-0.39, 0.29) is 26.2 Å². The number of nitrogens with zero attached hydrogens (tertiary/aromatic N) is 3. The summed E-state index contributed by atoms with van der Waals surface area (Å²) in [5, 5.41) is 14.0. The van der Waals surface area contributed by atoms with Crippen molar-refractivity contribution in [2.24, 2.45) is 0 Å². The molecule has 0 aromatic rings. The summed E-state index contributed by atoms with van der Waals surface area (Å²) in [4.78, 5) is 40.0. The molecule has 1 N–H and O–H groups in total. The largest absolute Gasteiger partial charge is 0.458 e. The molecule has 2 aliphatic rings. The second kappa shape index (κ2) is 10.3. The van der Waals surface area contributed by atoms with Crippen LogP contribution in [0.15, 0.2) is 0 Å². The van der Waals surface area contributed by atoms with Crippen LogP contribution in [-0.2, 0) is 23.7 Å². The second-order valence-corrected chi connectivity index (χ2v) is 12.8. The van der Waals surface area contributed by atoms with Gasteiger partial charge in [0, 0.05) is 6.54 Å². The lowest BCUT2D eigenvalue weighted by atomic mass is 10.1. The lowest BCUT2D eigenvalue weighted by molar-refractivity contribution is -0.181. The zero-order valence-electron chi connectivity index (χ0n) is 23.7. The number of carbonyl (C=O) groups excluding carboxylic acids is 3. The van der Waals surface area contributed by atoms with Crippen molar-refractivity contribution in [1.29, 1.82) is 0 Å². The Hall–Kier alpha value is -2.11. The molecular weight excluding hydrogens is 470 g/mol. The molecule has 0 radical (unpaired) electrons. The number of hydrogen-bond donors (Lipinski definition) is 1. The maximum atomic E-state index is 13.1. The third kappa shape index (κ3) is 7.94. The third-order valence-electron chi connectivity index (χ3n) is 5.49. The van der Waals surface area contributed by atoms with Crippen molar-refractivity contribution >= 4 is 18.2 Å². The molecular formula is C25H45N3O8. The van der Waals surface area contributed by atoms with E-state index in [0.717, 1.165) is 0 Å².